The Morgan fingerprint density at radius 3 is 1.45 bits per heavy atom. The lowest BCUT2D eigenvalue weighted by Crippen LogP contribution is -2.41. The van der Waals surface area contributed by atoms with Gasteiger partial charge in [-0.1, -0.05) is 0 Å². The SMILES string of the molecule is CC(=O)NS(=O)(=O)NC(C)=O. The molecule has 6 nitrogen and oxygen atoms in total. The molecule has 0 fully saturated rings. The first-order valence-electron chi connectivity index (χ1n) is 2.65. The van der Waals surface area contributed by atoms with Crippen LogP contribution in [0.2, 0.25) is 0 Å². The second-order valence-electron chi connectivity index (χ2n) is 1.82. The van der Waals surface area contributed by atoms with E-state index in [1.807, 2.05) is 0 Å². The molecule has 7 heteroatoms. The zero-order chi connectivity index (χ0) is 9.07. The minimum absolute atomic E-state index is 0.751. The molecule has 2 amide bonds. The largest absolute Gasteiger partial charge is 0.325 e. The fraction of sp³-hybridized carbons (Fsp3) is 0.500. The number of hydrogen-bond acceptors (Lipinski definition) is 4. The maximum absolute atomic E-state index is 10.6. The van der Waals surface area contributed by atoms with Crippen molar-refractivity contribution in [1.82, 2.24) is 9.44 Å². The van der Waals surface area contributed by atoms with Crippen molar-refractivity contribution in [2.75, 3.05) is 0 Å². The first kappa shape index (κ1) is 9.89. The molecule has 64 valence electrons. The van der Waals surface area contributed by atoms with Gasteiger partial charge in [0.1, 0.15) is 0 Å². The second-order valence-corrected chi connectivity index (χ2v) is 3.24. The van der Waals surface area contributed by atoms with Gasteiger partial charge in [-0.05, 0) is 0 Å². The molecule has 0 unspecified atom stereocenters. The molecule has 11 heavy (non-hydrogen) atoms. The van der Waals surface area contributed by atoms with Gasteiger partial charge in [-0.25, -0.2) is 9.44 Å². The van der Waals surface area contributed by atoms with Crippen LogP contribution in [0.25, 0.3) is 0 Å². The van der Waals surface area contributed by atoms with Crippen molar-refractivity contribution in [1.29, 1.82) is 0 Å². The molecule has 0 aliphatic heterocycles. The van der Waals surface area contributed by atoms with E-state index in [0.29, 0.717) is 0 Å². The maximum atomic E-state index is 10.6. The van der Waals surface area contributed by atoms with Crippen LogP contribution >= 0.6 is 0 Å². The van der Waals surface area contributed by atoms with E-state index < -0.39 is 22.0 Å². The van der Waals surface area contributed by atoms with Crippen molar-refractivity contribution in [2.24, 2.45) is 0 Å². The maximum Gasteiger partial charge on any atom is 0.325 e. The Morgan fingerprint density at radius 2 is 1.27 bits per heavy atom. The monoisotopic (exact) mass is 180 g/mol. The van der Waals surface area contributed by atoms with Gasteiger partial charge in [0.25, 0.3) is 0 Å². The molecule has 0 aliphatic rings. The highest BCUT2D eigenvalue weighted by Crippen LogP contribution is 1.75. The molecule has 0 heterocycles. The van der Waals surface area contributed by atoms with Gasteiger partial charge in [0.15, 0.2) is 0 Å². The third kappa shape index (κ3) is 5.34. The van der Waals surface area contributed by atoms with Gasteiger partial charge in [-0.2, -0.15) is 8.42 Å². The van der Waals surface area contributed by atoms with Crippen molar-refractivity contribution in [3.63, 3.8) is 0 Å². The molecule has 0 bridgehead atoms. The Labute approximate surface area is 64.2 Å². The van der Waals surface area contributed by atoms with Crippen LogP contribution in [0.15, 0.2) is 0 Å². The van der Waals surface area contributed by atoms with Crippen molar-refractivity contribution in [3.05, 3.63) is 0 Å². The summed E-state index contributed by atoms with van der Waals surface area (Å²) >= 11 is 0. The summed E-state index contributed by atoms with van der Waals surface area (Å²) in [6, 6.07) is 0. The Morgan fingerprint density at radius 1 is 1.00 bits per heavy atom. The summed E-state index contributed by atoms with van der Waals surface area (Å²) in [6.07, 6.45) is 0. The van der Waals surface area contributed by atoms with E-state index in [4.69, 9.17) is 0 Å². The van der Waals surface area contributed by atoms with Crippen LogP contribution in [0.5, 0.6) is 0 Å². The summed E-state index contributed by atoms with van der Waals surface area (Å²) in [5.74, 6) is -1.50. The molecule has 2 N–H and O–H groups in total. The predicted octanol–water partition coefficient (Wildman–Crippen LogP) is -1.50. The zero-order valence-corrected chi connectivity index (χ0v) is 6.86. The van der Waals surface area contributed by atoms with Gasteiger partial charge < -0.3 is 0 Å². The van der Waals surface area contributed by atoms with Crippen LogP contribution in [0.4, 0.5) is 0 Å². The molecule has 0 aromatic carbocycles. The summed E-state index contributed by atoms with van der Waals surface area (Å²) < 4.78 is 24.3. The van der Waals surface area contributed by atoms with E-state index in [1.54, 1.807) is 9.44 Å². The molecule has 0 aromatic rings. The molecule has 0 radical (unpaired) electrons. The lowest BCUT2D eigenvalue weighted by atomic mass is 10.8. The van der Waals surface area contributed by atoms with Crippen LogP contribution in [-0.2, 0) is 19.8 Å². The first-order chi connectivity index (χ1) is 4.83. The van der Waals surface area contributed by atoms with Crippen LogP contribution in [0.3, 0.4) is 0 Å². The number of nitrogens with one attached hydrogen (secondary N) is 2. The Kier molecular flexibility index (Phi) is 2.99. The van der Waals surface area contributed by atoms with E-state index in [9.17, 15) is 18.0 Å². The van der Waals surface area contributed by atoms with E-state index in [2.05, 4.69) is 0 Å². The average molecular weight is 180 g/mol. The molecule has 0 aliphatic carbocycles. The summed E-state index contributed by atoms with van der Waals surface area (Å²) in [4.78, 5) is 20.4. The van der Waals surface area contributed by atoms with Crippen molar-refractivity contribution >= 4 is 22.0 Å². The molecule has 0 rings (SSSR count). The minimum Gasteiger partial charge on any atom is -0.274 e. The average Bonchev–Trinajstić information content (AvgIpc) is 1.53. The quantitative estimate of drug-likeness (QED) is 0.541. The first-order valence-corrected chi connectivity index (χ1v) is 4.13. The molecule has 0 saturated carbocycles. The molecular formula is C4H8N2O4S. The van der Waals surface area contributed by atoms with Crippen molar-refractivity contribution in [2.45, 2.75) is 13.8 Å². The van der Waals surface area contributed by atoms with E-state index >= 15 is 0 Å². The zero-order valence-electron chi connectivity index (χ0n) is 6.04. The molecule has 0 aromatic heterocycles. The number of amides is 2. The number of carbonyl (C=O) groups excluding carboxylic acids is 2. The number of rotatable bonds is 2. The van der Waals surface area contributed by atoms with Gasteiger partial charge in [0.05, 0.1) is 0 Å². The minimum atomic E-state index is -3.98. The van der Waals surface area contributed by atoms with Crippen LogP contribution in [0.1, 0.15) is 13.8 Å². The van der Waals surface area contributed by atoms with Gasteiger partial charge in [-0.3, -0.25) is 9.59 Å². The fourth-order valence-corrected chi connectivity index (χ4v) is 1.21. The number of carbonyl (C=O) groups is 2. The topological polar surface area (TPSA) is 92.3 Å². The standard InChI is InChI=1S/C4H8N2O4S/c1-3(7)5-11(9,10)6-4(2)8/h1-2H3,(H,5,7)(H,6,8). The highest BCUT2D eigenvalue weighted by Gasteiger charge is 2.11. The highest BCUT2D eigenvalue weighted by atomic mass is 32.2. The molecule has 0 spiro atoms. The third-order valence-electron chi connectivity index (χ3n) is 0.556. The van der Waals surface area contributed by atoms with Crippen molar-refractivity contribution < 1.29 is 18.0 Å². The Balaban J connectivity index is 4.25. The summed E-state index contributed by atoms with van der Waals surface area (Å²) in [6.45, 7) is 2.05. The van der Waals surface area contributed by atoms with E-state index in [1.165, 1.54) is 0 Å². The summed E-state index contributed by atoms with van der Waals surface area (Å²) in [5, 5.41) is 0. The van der Waals surface area contributed by atoms with E-state index in [-0.39, 0.29) is 0 Å². The molecular weight excluding hydrogens is 172 g/mol. The Bertz CT molecular complexity index is 246. The predicted molar refractivity (Wildman–Crippen MR) is 36.6 cm³/mol. The third-order valence-corrected chi connectivity index (χ3v) is 1.67. The van der Waals surface area contributed by atoms with Gasteiger partial charge in [0, 0.05) is 13.8 Å². The summed E-state index contributed by atoms with van der Waals surface area (Å²) in [7, 11) is -3.98. The van der Waals surface area contributed by atoms with Gasteiger partial charge in [-0.15, -0.1) is 0 Å². The smallest absolute Gasteiger partial charge is 0.274 e. The van der Waals surface area contributed by atoms with Crippen LogP contribution in [-0.4, -0.2) is 20.2 Å². The van der Waals surface area contributed by atoms with Crippen molar-refractivity contribution in [3.8, 4) is 0 Å². The van der Waals surface area contributed by atoms with Gasteiger partial charge in [0.2, 0.25) is 11.8 Å². The van der Waals surface area contributed by atoms with Crippen LogP contribution < -0.4 is 9.44 Å². The molecule has 0 atom stereocenters. The second kappa shape index (κ2) is 3.33. The fourth-order valence-electron chi connectivity index (χ4n) is 0.404. The number of hydrogen-bond donors (Lipinski definition) is 2. The lowest BCUT2D eigenvalue weighted by Gasteiger charge is -2.02. The summed E-state index contributed by atoms with van der Waals surface area (Å²) in [5.41, 5.74) is 0. The van der Waals surface area contributed by atoms with Gasteiger partial charge >= 0.3 is 10.2 Å². The highest BCUT2D eigenvalue weighted by molar-refractivity contribution is 7.88. The normalized spacial score (nSPS) is 10.4. The molecule has 0 saturated heterocycles. The van der Waals surface area contributed by atoms with Crippen LogP contribution in [0, 0.1) is 0 Å². The Hall–Kier alpha value is -1.11. The van der Waals surface area contributed by atoms with E-state index in [0.717, 1.165) is 13.8 Å². The lowest BCUT2D eigenvalue weighted by molar-refractivity contribution is -0.117.